The van der Waals surface area contributed by atoms with Crippen molar-refractivity contribution in [1.29, 1.82) is 0 Å². The lowest BCUT2D eigenvalue weighted by atomic mass is 10.1. The van der Waals surface area contributed by atoms with Gasteiger partial charge in [-0.3, -0.25) is 4.98 Å². The van der Waals surface area contributed by atoms with Crippen LogP contribution in [0.25, 0.3) is 11.3 Å². The number of hydrogen-bond acceptors (Lipinski definition) is 3. The fourth-order valence-corrected chi connectivity index (χ4v) is 2.22. The first-order valence-electron chi connectivity index (χ1n) is 7.03. The number of nitrogens with zero attached hydrogens (tertiary/aromatic N) is 1. The zero-order valence-electron chi connectivity index (χ0n) is 12.2. The van der Waals surface area contributed by atoms with Crippen LogP contribution in [0.5, 0.6) is 5.75 Å². The Morgan fingerprint density at radius 2 is 1.77 bits per heavy atom. The van der Waals surface area contributed by atoms with Crippen LogP contribution in [0.2, 0.25) is 0 Å². The smallest absolute Gasteiger partial charge is 0.343 e. The highest BCUT2D eigenvalue weighted by atomic mass is 16.5. The van der Waals surface area contributed by atoms with Crippen molar-refractivity contribution in [3.05, 3.63) is 84.1 Å². The Balaban J connectivity index is 1.92. The van der Waals surface area contributed by atoms with Gasteiger partial charge in [-0.2, -0.15) is 0 Å². The summed E-state index contributed by atoms with van der Waals surface area (Å²) in [6.45, 7) is 1.94. The molecule has 3 heteroatoms. The third-order valence-corrected chi connectivity index (χ3v) is 3.28. The van der Waals surface area contributed by atoms with Crippen LogP contribution in [0.4, 0.5) is 0 Å². The van der Waals surface area contributed by atoms with Crippen LogP contribution in [-0.4, -0.2) is 11.0 Å². The molecule has 22 heavy (non-hydrogen) atoms. The molecule has 108 valence electrons. The molecule has 0 saturated carbocycles. The maximum atomic E-state index is 12.3. The van der Waals surface area contributed by atoms with Gasteiger partial charge in [-0.1, -0.05) is 35.9 Å². The molecular formula is C19H15NO2. The van der Waals surface area contributed by atoms with Gasteiger partial charge in [0, 0.05) is 11.8 Å². The van der Waals surface area contributed by atoms with Crippen molar-refractivity contribution in [2.24, 2.45) is 0 Å². The average Bonchev–Trinajstić information content (AvgIpc) is 2.56. The van der Waals surface area contributed by atoms with Crippen LogP contribution in [0.1, 0.15) is 15.9 Å². The molecule has 3 nitrogen and oxygen atoms in total. The molecule has 3 rings (SSSR count). The molecule has 2 aromatic carbocycles. The molecule has 3 aromatic rings. The van der Waals surface area contributed by atoms with E-state index in [1.165, 1.54) is 0 Å². The zero-order chi connectivity index (χ0) is 15.4. The Morgan fingerprint density at radius 3 is 2.55 bits per heavy atom. The number of ether oxygens (including phenoxy) is 1. The van der Waals surface area contributed by atoms with Crippen LogP contribution in [0.3, 0.4) is 0 Å². The maximum Gasteiger partial charge on any atom is 0.343 e. The molecule has 0 atom stereocenters. The highest BCUT2D eigenvalue weighted by Gasteiger charge is 2.13. The van der Waals surface area contributed by atoms with E-state index in [0.29, 0.717) is 11.3 Å². The molecule has 1 heterocycles. The number of hydrogen-bond donors (Lipinski definition) is 0. The molecular weight excluding hydrogens is 274 g/mol. The van der Waals surface area contributed by atoms with Gasteiger partial charge in [-0.15, -0.1) is 0 Å². The van der Waals surface area contributed by atoms with E-state index in [9.17, 15) is 4.79 Å². The predicted octanol–water partition coefficient (Wildman–Crippen LogP) is 4.28. The summed E-state index contributed by atoms with van der Waals surface area (Å²) >= 11 is 0. The topological polar surface area (TPSA) is 39.2 Å². The van der Waals surface area contributed by atoms with Crippen LogP contribution < -0.4 is 4.74 Å². The van der Waals surface area contributed by atoms with Gasteiger partial charge in [0.15, 0.2) is 0 Å². The Bertz CT molecular complexity index is 797. The van der Waals surface area contributed by atoms with Crippen molar-refractivity contribution in [1.82, 2.24) is 4.98 Å². The second kappa shape index (κ2) is 6.22. The average molecular weight is 289 g/mol. The molecule has 0 bridgehead atoms. The fourth-order valence-electron chi connectivity index (χ4n) is 2.22. The highest BCUT2D eigenvalue weighted by molar-refractivity contribution is 5.92. The first-order chi connectivity index (χ1) is 10.7. The minimum atomic E-state index is -0.368. The van der Waals surface area contributed by atoms with Gasteiger partial charge in [-0.25, -0.2) is 4.79 Å². The van der Waals surface area contributed by atoms with Crippen molar-refractivity contribution in [2.75, 3.05) is 0 Å². The van der Waals surface area contributed by atoms with E-state index >= 15 is 0 Å². The number of carbonyl (C=O) groups excluding carboxylic acids is 1. The molecule has 0 aliphatic rings. The predicted molar refractivity (Wildman–Crippen MR) is 85.8 cm³/mol. The number of esters is 1. The lowest BCUT2D eigenvalue weighted by Gasteiger charge is -2.09. The Hall–Kier alpha value is -2.94. The molecule has 0 amide bonds. The van der Waals surface area contributed by atoms with Crippen LogP contribution in [0, 0.1) is 6.92 Å². The van der Waals surface area contributed by atoms with Gasteiger partial charge in [0.2, 0.25) is 0 Å². The van der Waals surface area contributed by atoms with Crippen LogP contribution in [0.15, 0.2) is 72.9 Å². The van der Waals surface area contributed by atoms with Gasteiger partial charge in [-0.05, 0) is 43.3 Å². The summed E-state index contributed by atoms with van der Waals surface area (Å²) in [6.07, 6.45) is 1.72. The van der Waals surface area contributed by atoms with Crippen LogP contribution >= 0.6 is 0 Å². The quantitative estimate of drug-likeness (QED) is 0.533. The first kappa shape index (κ1) is 14.0. The number of pyridine rings is 1. The molecule has 0 aliphatic carbocycles. The van der Waals surface area contributed by atoms with Crippen molar-refractivity contribution >= 4 is 5.97 Å². The van der Waals surface area contributed by atoms with Crippen molar-refractivity contribution in [3.8, 4) is 17.0 Å². The number of para-hydroxylation sites is 1. The third-order valence-electron chi connectivity index (χ3n) is 3.28. The lowest BCUT2D eigenvalue weighted by Crippen LogP contribution is -2.09. The van der Waals surface area contributed by atoms with Crippen LogP contribution in [-0.2, 0) is 0 Å². The molecule has 0 saturated heterocycles. The molecule has 0 radical (unpaired) electrons. The standard InChI is InChI=1S/C19H15NO2/c1-14-7-6-8-15(13-14)19(21)22-18-11-3-2-9-16(18)17-10-4-5-12-20-17/h2-13H,1H3. The maximum absolute atomic E-state index is 12.3. The third kappa shape index (κ3) is 3.04. The van der Waals surface area contributed by atoms with Gasteiger partial charge in [0.05, 0.1) is 11.3 Å². The van der Waals surface area contributed by atoms with Crippen molar-refractivity contribution < 1.29 is 9.53 Å². The number of benzene rings is 2. The Labute approximate surface area is 129 Å². The van der Waals surface area contributed by atoms with Gasteiger partial charge < -0.3 is 4.74 Å². The lowest BCUT2D eigenvalue weighted by molar-refractivity contribution is 0.0735. The summed E-state index contributed by atoms with van der Waals surface area (Å²) in [7, 11) is 0. The number of aryl methyl sites for hydroxylation is 1. The SMILES string of the molecule is Cc1cccc(C(=O)Oc2ccccc2-c2ccccn2)c1. The first-order valence-corrected chi connectivity index (χ1v) is 7.03. The molecule has 0 unspecified atom stereocenters. The highest BCUT2D eigenvalue weighted by Crippen LogP contribution is 2.28. The van der Waals surface area contributed by atoms with E-state index in [1.54, 1.807) is 18.3 Å². The number of rotatable bonds is 3. The van der Waals surface area contributed by atoms with E-state index in [1.807, 2.05) is 61.5 Å². The monoisotopic (exact) mass is 289 g/mol. The minimum Gasteiger partial charge on any atom is -0.422 e. The summed E-state index contributed by atoms with van der Waals surface area (Å²) in [5.74, 6) is 0.139. The minimum absolute atomic E-state index is 0.368. The Morgan fingerprint density at radius 1 is 0.955 bits per heavy atom. The Kier molecular flexibility index (Phi) is 3.97. The summed E-state index contributed by atoms with van der Waals surface area (Å²) in [4.78, 5) is 16.6. The van der Waals surface area contributed by atoms with E-state index in [4.69, 9.17) is 4.74 Å². The van der Waals surface area contributed by atoms with Gasteiger partial charge in [0.1, 0.15) is 5.75 Å². The molecule has 0 spiro atoms. The second-order valence-corrected chi connectivity index (χ2v) is 4.97. The van der Waals surface area contributed by atoms with Gasteiger partial charge in [0.25, 0.3) is 0 Å². The van der Waals surface area contributed by atoms with Gasteiger partial charge >= 0.3 is 5.97 Å². The summed E-state index contributed by atoms with van der Waals surface area (Å²) in [6, 6.07) is 20.4. The molecule has 1 aromatic heterocycles. The zero-order valence-corrected chi connectivity index (χ0v) is 12.2. The molecule has 0 N–H and O–H groups in total. The van der Waals surface area contributed by atoms with E-state index in [0.717, 1.165) is 16.8 Å². The number of carbonyl (C=O) groups is 1. The second-order valence-electron chi connectivity index (χ2n) is 4.97. The number of aromatic nitrogens is 1. The van der Waals surface area contributed by atoms with Crippen molar-refractivity contribution in [2.45, 2.75) is 6.92 Å². The van der Waals surface area contributed by atoms with E-state index in [-0.39, 0.29) is 5.97 Å². The fraction of sp³-hybridized carbons (Fsp3) is 0.0526. The summed E-state index contributed by atoms with van der Waals surface area (Å²) in [5, 5.41) is 0. The van der Waals surface area contributed by atoms with E-state index < -0.39 is 0 Å². The van der Waals surface area contributed by atoms with Crippen molar-refractivity contribution in [3.63, 3.8) is 0 Å². The summed E-state index contributed by atoms with van der Waals surface area (Å²) in [5.41, 5.74) is 3.13. The summed E-state index contributed by atoms with van der Waals surface area (Å²) < 4.78 is 5.56. The van der Waals surface area contributed by atoms with E-state index in [2.05, 4.69) is 4.98 Å². The normalized spacial score (nSPS) is 10.2. The largest absolute Gasteiger partial charge is 0.422 e. The molecule has 0 aliphatic heterocycles. The molecule has 0 fully saturated rings.